The summed E-state index contributed by atoms with van der Waals surface area (Å²) in [4.78, 5) is -1.13. The van der Waals surface area contributed by atoms with E-state index in [2.05, 4.69) is 0 Å². The van der Waals surface area contributed by atoms with Crippen molar-refractivity contribution in [3.8, 4) is 0 Å². The van der Waals surface area contributed by atoms with Crippen LogP contribution in [0.5, 0.6) is 0 Å². The fourth-order valence-corrected chi connectivity index (χ4v) is 4.92. The Morgan fingerprint density at radius 2 is 1.71 bits per heavy atom. The van der Waals surface area contributed by atoms with Gasteiger partial charge in [-0.25, -0.2) is 21.6 Å². The number of aliphatic hydroxyl groups is 1. The first-order valence-corrected chi connectivity index (χ1v) is 8.07. The van der Waals surface area contributed by atoms with Crippen LogP contribution in [0.4, 0.5) is 13.2 Å². The van der Waals surface area contributed by atoms with Crippen LogP contribution in [0, 0.1) is 29.3 Å². The van der Waals surface area contributed by atoms with Gasteiger partial charge < -0.3 is 5.11 Å². The molecule has 1 aliphatic carbocycles. The van der Waals surface area contributed by atoms with E-state index in [1.807, 2.05) is 0 Å². The predicted octanol–water partition coefficient (Wildman–Crippen LogP) is 1.50. The second kappa shape index (κ2) is 4.96. The highest BCUT2D eigenvalue weighted by atomic mass is 32.2. The van der Waals surface area contributed by atoms with Gasteiger partial charge in [-0.3, -0.25) is 0 Å². The van der Waals surface area contributed by atoms with E-state index in [-0.39, 0.29) is 24.9 Å². The molecule has 116 valence electrons. The van der Waals surface area contributed by atoms with E-state index in [1.54, 1.807) is 0 Å². The Kier molecular flexibility index (Phi) is 3.50. The zero-order valence-corrected chi connectivity index (χ0v) is 11.8. The van der Waals surface area contributed by atoms with Crippen molar-refractivity contribution in [2.75, 3.05) is 13.1 Å². The van der Waals surface area contributed by atoms with Crippen molar-refractivity contribution < 1.29 is 26.7 Å². The third-order valence-corrected chi connectivity index (χ3v) is 6.23. The number of aliphatic hydroxyl groups excluding tert-OH is 1. The average Bonchev–Trinajstić information content (AvgIpc) is 2.90. The molecule has 3 unspecified atom stereocenters. The number of nitrogens with zero attached hydrogens (tertiary/aromatic N) is 1. The summed E-state index contributed by atoms with van der Waals surface area (Å²) in [6, 6.07) is 0.698. The average molecular weight is 321 g/mol. The van der Waals surface area contributed by atoms with Gasteiger partial charge in [0.15, 0.2) is 4.90 Å². The normalized spacial score (nSPS) is 29.8. The Morgan fingerprint density at radius 3 is 2.29 bits per heavy atom. The van der Waals surface area contributed by atoms with Crippen molar-refractivity contribution >= 4 is 10.0 Å². The molecule has 1 saturated heterocycles. The minimum Gasteiger partial charge on any atom is -0.393 e. The molecule has 2 aliphatic rings. The van der Waals surface area contributed by atoms with E-state index in [0.29, 0.717) is 25.0 Å². The molecule has 3 atom stereocenters. The van der Waals surface area contributed by atoms with Crippen LogP contribution in [0.3, 0.4) is 0 Å². The molecular formula is C13H14F3NO3S. The van der Waals surface area contributed by atoms with E-state index in [1.165, 1.54) is 0 Å². The van der Waals surface area contributed by atoms with Gasteiger partial charge in [0, 0.05) is 31.1 Å². The Labute approximate surface area is 120 Å². The maximum atomic E-state index is 13.7. The van der Waals surface area contributed by atoms with Crippen molar-refractivity contribution in [2.24, 2.45) is 11.8 Å². The van der Waals surface area contributed by atoms with Gasteiger partial charge in [0.1, 0.15) is 17.5 Å². The lowest BCUT2D eigenvalue weighted by Crippen LogP contribution is -2.32. The summed E-state index contributed by atoms with van der Waals surface area (Å²) in [5.74, 6) is -4.25. The largest absolute Gasteiger partial charge is 0.393 e. The molecule has 0 spiro atoms. The molecular weight excluding hydrogens is 307 g/mol. The van der Waals surface area contributed by atoms with Gasteiger partial charge in [0.2, 0.25) is 10.0 Å². The summed E-state index contributed by atoms with van der Waals surface area (Å²) in [5.41, 5.74) is 0. The standard InChI is InChI=1S/C13H14F3NO3S/c14-8-3-10(15)13(11(16)4-8)21(19,20)17-5-7-1-2-12(18)9(7)6-17/h3-4,7,9,12,18H,1-2,5-6H2. The van der Waals surface area contributed by atoms with Gasteiger partial charge in [-0.05, 0) is 18.8 Å². The highest BCUT2D eigenvalue weighted by Crippen LogP contribution is 2.40. The molecule has 1 heterocycles. The van der Waals surface area contributed by atoms with Gasteiger partial charge in [-0.2, -0.15) is 4.31 Å². The summed E-state index contributed by atoms with van der Waals surface area (Å²) < 4.78 is 66.0. The fraction of sp³-hybridized carbons (Fsp3) is 0.538. The van der Waals surface area contributed by atoms with Crippen molar-refractivity contribution in [2.45, 2.75) is 23.8 Å². The minimum atomic E-state index is -4.38. The molecule has 0 amide bonds. The highest BCUT2D eigenvalue weighted by molar-refractivity contribution is 7.89. The lowest BCUT2D eigenvalue weighted by atomic mass is 10.00. The highest BCUT2D eigenvalue weighted by Gasteiger charge is 2.46. The van der Waals surface area contributed by atoms with E-state index in [4.69, 9.17) is 0 Å². The molecule has 0 radical (unpaired) electrons. The van der Waals surface area contributed by atoms with Crippen molar-refractivity contribution in [3.05, 3.63) is 29.6 Å². The third kappa shape index (κ3) is 2.35. The van der Waals surface area contributed by atoms with Crippen LogP contribution in [0.2, 0.25) is 0 Å². The van der Waals surface area contributed by atoms with Crippen LogP contribution in [-0.2, 0) is 10.0 Å². The molecule has 0 bridgehead atoms. The fourth-order valence-electron chi connectivity index (χ4n) is 3.30. The van der Waals surface area contributed by atoms with E-state index < -0.39 is 38.5 Å². The van der Waals surface area contributed by atoms with Gasteiger partial charge in [0.25, 0.3) is 0 Å². The van der Waals surface area contributed by atoms with E-state index in [9.17, 15) is 26.7 Å². The van der Waals surface area contributed by atoms with Crippen molar-refractivity contribution in [1.29, 1.82) is 0 Å². The van der Waals surface area contributed by atoms with Crippen LogP contribution in [0.25, 0.3) is 0 Å². The molecule has 0 aromatic heterocycles. The Balaban J connectivity index is 1.96. The second-order valence-corrected chi connectivity index (χ2v) is 7.46. The number of fused-ring (bicyclic) bond motifs is 1. The number of hydrogen-bond donors (Lipinski definition) is 1. The molecule has 1 aromatic rings. The number of halogens is 3. The molecule has 8 heteroatoms. The summed E-state index contributed by atoms with van der Waals surface area (Å²) in [6.45, 7) is 0.157. The van der Waals surface area contributed by atoms with E-state index in [0.717, 1.165) is 4.31 Å². The first kappa shape index (κ1) is 14.8. The van der Waals surface area contributed by atoms with Crippen LogP contribution in [0.15, 0.2) is 17.0 Å². The van der Waals surface area contributed by atoms with Crippen molar-refractivity contribution in [1.82, 2.24) is 4.31 Å². The smallest absolute Gasteiger partial charge is 0.248 e. The Bertz CT molecular complexity index is 656. The zero-order valence-electron chi connectivity index (χ0n) is 11.0. The summed E-state index contributed by atoms with van der Waals surface area (Å²) in [6.07, 6.45) is 0.715. The maximum Gasteiger partial charge on any atom is 0.248 e. The minimum absolute atomic E-state index is 0.00125. The van der Waals surface area contributed by atoms with Gasteiger partial charge in [-0.1, -0.05) is 0 Å². The second-order valence-electron chi connectivity index (χ2n) is 5.59. The number of rotatable bonds is 2. The molecule has 2 fully saturated rings. The van der Waals surface area contributed by atoms with Gasteiger partial charge >= 0.3 is 0 Å². The topological polar surface area (TPSA) is 57.6 Å². The predicted molar refractivity (Wildman–Crippen MR) is 67.3 cm³/mol. The lowest BCUT2D eigenvalue weighted by Gasteiger charge is -2.19. The van der Waals surface area contributed by atoms with Crippen LogP contribution in [-0.4, -0.2) is 37.0 Å². The monoisotopic (exact) mass is 321 g/mol. The van der Waals surface area contributed by atoms with E-state index >= 15 is 0 Å². The van der Waals surface area contributed by atoms with Crippen LogP contribution < -0.4 is 0 Å². The van der Waals surface area contributed by atoms with Gasteiger partial charge in [0.05, 0.1) is 6.10 Å². The molecule has 3 rings (SSSR count). The first-order chi connectivity index (χ1) is 9.80. The van der Waals surface area contributed by atoms with Crippen LogP contribution in [0.1, 0.15) is 12.8 Å². The molecule has 21 heavy (non-hydrogen) atoms. The summed E-state index contributed by atoms with van der Waals surface area (Å²) in [5, 5.41) is 9.78. The SMILES string of the molecule is O=S(=O)(c1c(F)cc(F)cc1F)N1CC2CCC(O)C2C1. The van der Waals surface area contributed by atoms with Gasteiger partial charge in [-0.15, -0.1) is 0 Å². The summed E-state index contributed by atoms with van der Waals surface area (Å²) >= 11 is 0. The van der Waals surface area contributed by atoms with Crippen molar-refractivity contribution in [3.63, 3.8) is 0 Å². The third-order valence-electron chi connectivity index (χ3n) is 4.35. The number of hydrogen-bond acceptors (Lipinski definition) is 3. The molecule has 1 aliphatic heterocycles. The molecule has 1 aromatic carbocycles. The lowest BCUT2D eigenvalue weighted by molar-refractivity contribution is 0.129. The maximum absolute atomic E-state index is 13.7. The zero-order chi connectivity index (χ0) is 15.4. The Morgan fingerprint density at radius 1 is 1.10 bits per heavy atom. The number of benzene rings is 1. The van der Waals surface area contributed by atoms with Crippen LogP contribution >= 0.6 is 0 Å². The number of sulfonamides is 1. The Hall–Kier alpha value is -1.12. The molecule has 1 saturated carbocycles. The first-order valence-electron chi connectivity index (χ1n) is 6.63. The molecule has 1 N–H and O–H groups in total. The summed E-state index contributed by atoms with van der Waals surface area (Å²) in [7, 11) is -4.38. The molecule has 4 nitrogen and oxygen atoms in total. The quantitative estimate of drug-likeness (QED) is 0.898.